The van der Waals surface area contributed by atoms with Crippen molar-refractivity contribution in [1.82, 2.24) is 39.9 Å². The second-order valence-electron chi connectivity index (χ2n) is 15.7. The van der Waals surface area contributed by atoms with Gasteiger partial charge >= 0.3 is 17.9 Å². The zero-order valence-electron chi connectivity index (χ0n) is 31.2. The highest BCUT2D eigenvalue weighted by Gasteiger charge is 2.44. The number of aryl methyl sites for hydroxylation is 1. The number of fused-ring (bicyclic) bond motifs is 1. The highest BCUT2D eigenvalue weighted by Crippen LogP contribution is 2.46. The standard InChI is InChI=1S/C38H47N9O5Si/c1-24-19-26(7-9-28(24)25(2)42-34(48)35-43-36(44-52-35)38(3)11-12-38)32-29-20-30(47(33(29)41-22-40-32)23-51-17-18-53(4,5)6)27-8-10-31(39-21-27)45-13-15-46(16-14-45)37(49)50/h7-10,19-22,25H,11-18,23H2,1-6H3,(H,42,48)(H,49,50)/t25-/m1/s1. The molecule has 2 amide bonds. The van der Waals surface area contributed by atoms with Crippen LogP contribution in [0.15, 0.2) is 53.4 Å². The van der Waals surface area contributed by atoms with Crippen LogP contribution in [0.25, 0.3) is 33.5 Å². The van der Waals surface area contributed by atoms with Gasteiger partial charge in [0.25, 0.3) is 0 Å². The molecule has 0 spiro atoms. The van der Waals surface area contributed by atoms with Crippen LogP contribution in [0.1, 0.15) is 60.4 Å². The number of benzene rings is 1. The summed E-state index contributed by atoms with van der Waals surface area (Å²) >= 11 is 0. The predicted octanol–water partition coefficient (Wildman–Crippen LogP) is 6.51. The maximum atomic E-state index is 13.0. The zero-order valence-corrected chi connectivity index (χ0v) is 32.2. The van der Waals surface area contributed by atoms with Gasteiger partial charge in [0.2, 0.25) is 0 Å². The van der Waals surface area contributed by atoms with E-state index in [9.17, 15) is 14.7 Å². The Balaban J connectivity index is 1.15. The van der Waals surface area contributed by atoms with E-state index in [4.69, 9.17) is 24.2 Å². The number of pyridine rings is 1. The van der Waals surface area contributed by atoms with Crippen molar-refractivity contribution in [3.63, 3.8) is 0 Å². The highest BCUT2D eigenvalue weighted by atomic mass is 28.3. The van der Waals surface area contributed by atoms with Gasteiger partial charge in [0.15, 0.2) is 5.82 Å². The van der Waals surface area contributed by atoms with E-state index in [0.717, 1.165) is 69.4 Å². The Kier molecular flexibility index (Phi) is 9.80. The number of carbonyl (C=O) groups excluding carboxylic acids is 1. The molecule has 7 rings (SSSR count). The minimum absolute atomic E-state index is 0.0224. The number of ether oxygens (including phenoxy) is 1. The first-order valence-electron chi connectivity index (χ1n) is 18.2. The van der Waals surface area contributed by atoms with E-state index in [1.807, 2.05) is 44.3 Å². The van der Waals surface area contributed by atoms with Crippen LogP contribution in [0.4, 0.5) is 10.6 Å². The molecular weight excluding hydrogens is 691 g/mol. The summed E-state index contributed by atoms with van der Waals surface area (Å²) in [4.78, 5) is 46.6. The number of amides is 2. The summed E-state index contributed by atoms with van der Waals surface area (Å²) < 4.78 is 13.6. The Morgan fingerprint density at radius 2 is 1.79 bits per heavy atom. The van der Waals surface area contributed by atoms with Gasteiger partial charge < -0.3 is 34.1 Å². The van der Waals surface area contributed by atoms with E-state index < -0.39 is 20.1 Å². The quantitative estimate of drug-likeness (QED) is 0.106. The van der Waals surface area contributed by atoms with Crippen molar-refractivity contribution in [3.8, 4) is 22.5 Å². The van der Waals surface area contributed by atoms with Gasteiger partial charge in [0.1, 0.15) is 24.5 Å². The molecule has 0 radical (unpaired) electrons. The Bertz CT molecular complexity index is 2130. The van der Waals surface area contributed by atoms with Crippen molar-refractivity contribution in [1.29, 1.82) is 0 Å². The van der Waals surface area contributed by atoms with Gasteiger partial charge in [-0.25, -0.2) is 19.7 Å². The number of carboxylic acid groups (broad SMARTS) is 1. The highest BCUT2D eigenvalue weighted by molar-refractivity contribution is 6.76. The molecule has 5 heterocycles. The molecule has 278 valence electrons. The monoisotopic (exact) mass is 737 g/mol. The molecule has 5 aromatic rings. The number of hydrogen-bond donors (Lipinski definition) is 2. The van der Waals surface area contributed by atoms with Crippen molar-refractivity contribution in [2.24, 2.45) is 0 Å². The second kappa shape index (κ2) is 14.3. The number of nitrogens with one attached hydrogen (secondary N) is 1. The molecule has 53 heavy (non-hydrogen) atoms. The normalized spacial score (nSPS) is 16.2. The molecule has 14 nitrogen and oxygen atoms in total. The Labute approximate surface area is 309 Å². The molecule has 1 saturated heterocycles. The second-order valence-corrected chi connectivity index (χ2v) is 21.3. The molecule has 0 unspecified atom stereocenters. The molecule has 1 aliphatic carbocycles. The minimum atomic E-state index is -1.29. The third kappa shape index (κ3) is 7.81. The Morgan fingerprint density at radius 1 is 1.04 bits per heavy atom. The van der Waals surface area contributed by atoms with Crippen molar-refractivity contribution >= 4 is 36.9 Å². The van der Waals surface area contributed by atoms with Crippen LogP contribution in [0, 0.1) is 6.92 Å². The molecule has 2 N–H and O–H groups in total. The van der Waals surface area contributed by atoms with Gasteiger partial charge in [-0.15, -0.1) is 0 Å². The first-order chi connectivity index (χ1) is 25.3. The van der Waals surface area contributed by atoms with E-state index in [-0.39, 0.29) is 17.3 Å². The van der Waals surface area contributed by atoms with Crippen LogP contribution >= 0.6 is 0 Å². The van der Waals surface area contributed by atoms with Crippen LogP contribution in [-0.2, 0) is 16.9 Å². The molecule has 1 atom stereocenters. The van der Waals surface area contributed by atoms with Crippen molar-refractivity contribution in [3.05, 3.63) is 71.8 Å². The average Bonchev–Trinajstić information content (AvgIpc) is 3.51. The maximum absolute atomic E-state index is 13.0. The zero-order chi connectivity index (χ0) is 37.5. The lowest BCUT2D eigenvalue weighted by molar-refractivity contribution is 0.0894. The van der Waals surface area contributed by atoms with Crippen molar-refractivity contribution in [2.45, 2.75) is 77.5 Å². The number of hydrogen-bond acceptors (Lipinski definition) is 10. The summed E-state index contributed by atoms with van der Waals surface area (Å²) in [5.41, 5.74) is 6.17. The summed E-state index contributed by atoms with van der Waals surface area (Å²) in [6.07, 6.45) is 4.54. The summed E-state index contributed by atoms with van der Waals surface area (Å²) in [7, 11) is -1.29. The maximum Gasteiger partial charge on any atom is 0.407 e. The van der Waals surface area contributed by atoms with Crippen LogP contribution in [-0.4, -0.2) is 92.5 Å². The number of anilines is 1. The van der Waals surface area contributed by atoms with Crippen molar-refractivity contribution in [2.75, 3.05) is 37.7 Å². The number of nitrogens with zero attached hydrogens (tertiary/aromatic N) is 8. The molecule has 4 aromatic heterocycles. The minimum Gasteiger partial charge on any atom is -0.465 e. The molecular formula is C38H47N9O5Si. The van der Waals surface area contributed by atoms with E-state index in [2.05, 4.69) is 63.6 Å². The third-order valence-electron chi connectivity index (χ3n) is 10.3. The fraction of sp³-hybridized carbons (Fsp3) is 0.447. The van der Waals surface area contributed by atoms with E-state index >= 15 is 0 Å². The smallest absolute Gasteiger partial charge is 0.407 e. The van der Waals surface area contributed by atoms with Crippen LogP contribution in [0.5, 0.6) is 0 Å². The summed E-state index contributed by atoms with van der Waals surface area (Å²) in [5.74, 6) is 0.976. The van der Waals surface area contributed by atoms with Gasteiger partial charge in [-0.3, -0.25) is 4.79 Å². The van der Waals surface area contributed by atoms with E-state index in [1.165, 1.54) is 4.90 Å². The third-order valence-corrected chi connectivity index (χ3v) is 12.0. The van der Waals surface area contributed by atoms with Crippen LogP contribution < -0.4 is 10.2 Å². The SMILES string of the molecule is Cc1cc(-c2ncnc3c2cc(-c2ccc(N4CCN(C(=O)O)CC4)nc2)n3COCC[Si](C)(C)C)ccc1[C@@H](C)NC(=O)c1nc(C2(C)CC2)no1. The lowest BCUT2D eigenvalue weighted by Gasteiger charge is -2.33. The van der Waals surface area contributed by atoms with Gasteiger partial charge in [0.05, 0.1) is 17.4 Å². The summed E-state index contributed by atoms with van der Waals surface area (Å²) in [6.45, 7) is 16.1. The van der Waals surface area contributed by atoms with E-state index in [0.29, 0.717) is 45.3 Å². The van der Waals surface area contributed by atoms with Gasteiger partial charge in [-0.05, 0) is 68.1 Å². The lowest BCUT2D eigenvalue weighted by atomic mass is 9.97. The van der Waals surface area contributed by atoms with E-state index in [1.54, 1.807) is 6.33 Å². The summed E-state index contributed by atoms with van der Waals surface area (Å²) in [5, 5.41) is 17.3. The fourth-order valence-corrected chi connectivity index (χ4v) is 7.42. The largest absolute Gasteiger partial charge is 0.465 e. The van der Waals surface area contributed by atoms with Crippen molar-refractivity contribution < 1.29 is 24.0 Å². The van der Waals surface area contributed by atoms with Crippen LogP contribution in [0.3, 0.4) is 0 Å². The molecule has 2 fully saturated rings. The van der Waals surface area contributed by atoms with Gasteiger partial charge in [-0.1, -0.05) is 43.9 Å². The first kappa shape index (κ1) is 36.2. The topological polar surface area (TPSA) is 165 Å². The predicted molar refractivity (Wildman–Crippen MR) is 204 cm³/mol. The molecule has 1 aliphatic heterocycles. The fourth-order valence-electron chi connectivity index (χ4n) is 6.67. The lowest BCUT2D eigenvalue weighted by Crippen LogP contribution is -2.48. The molecule has 15 heteroatoms. The Morgan fingerprint density at radius 3 is 2.45 bits per heavy atom. The molecule has 2 aliphatic rings. The van der Waals surface area contributed by atoms with Crippen LogP contribution in [0.2, 0.25) is 25.7 Å². The molecule has 0 bridgehead atoms. The van der Waals surface area contributed by atoms with Gasteiger partial charge in [-0.2, -0.15) is 4.98 Å². The average molecular weight is 738 g/mol. The number of carbonyl (C=O) groups is 2. The molecule has 1 saturated carbocycles. The number of piperazine rings is 1. The number of aromatic nitrogens is 6. The Hall–Kier alpha value is -5.15. The first-order valence-corrected chi connectivity index (χ1v) is 21.9. The van der Waals surface area contributed by atoms with Gasteiger partial charge in [0, 0.05) is 69.0 Å². The number of rotatable bonds is 12. The summed E-state index contributed by atoms with van der Waals surface area (Å²) in [6, 6.07) is 13.0. The molecule has 1 aromatic carbocycles.